The SMILES string of the molecule is CN(N)C(=O)Nc1cccc(Br)c1CBr. The van der Waals surface area contributed by atoms with Gasteiger partial charge in [-0.05, 0) is 12.1 Å². The normalized spacial score (nSPS) is 9.87. The van der Waals surface area contributed by atoms with Gasteiger partial charge >= 0.3 is 6.03 Å². The smallest absolute Gasteiger partial charge is 0.306 e. The molecule has 0 radical (unpaired) electrons. The van der Waals surface area contributed by atoms with Crippen LogP contribution >= 0.6 is 31.9 Å². The Balaban J connectivity index is 2.94. The fourth-order valence-electron chi connectivity index (χ4n) is 1.01. The number of nitrogens with two attached hydrogens (primary N) is 1. The van der Waals surface area contributed by atoms with E-state index in [0.29, 0.717) is 5.33 Å². The maximum atomic E-state index is 11.4. The van der Waals surface area contributed by atoms with Crippen molar-refractivity contribution in [2.45, 2.75) is 5.33 Å². The van der Waals surface area contributed by atoms with Crippen molar-refractivity contribution in [3.05, 3.63) is 28.2 Å². The van der Waals surface area contributed by atoms with Crippen molar-refractivity contribution in [1.82, 2.24) is 5.01 Å². The Bertz CT molecular complexity index is 368. The maximum Gasteiger partial charge on any atom is 0.335 e. The highest BCUT2D eigenvalue weighted by Crippen LogP contribution is 2.26. The number of alkyl halides is 1. The number of halogens is 2. The van der Waals surface area contributed by atoms with Gasteiger partial charge in [0.25, 0.3) is 0 Å². The van der Waals surface area contributed by atoms with Crippen molar-refractivity contribution in [2.75, 3.05) is 12.4 Å². The van der Waals surface area contributed by atoms with Crippen molar-refractivity contribution in [3.63, 3.8) is 0 Å². The molecule has 0 atom stereocenters. The molecule has 2 amide bonds. The first-order chi connectivity index (χ1) is 7.06. The van der Waals surface area contributed by atoms with Crippen LogP contribution in [0.15, 0.2) is 22.7 Å². The van der Waals surface area contributed by atoms with Gasteiger partial charge in [-0.15, -0.1) is 0 Å². The van der Waals surface area contributed by atoms with Gasteiger partial charge in [-0.3, -0.25) is 5.01 Å². The number of hydrazine groups is 1. The molecule has 4 nitrogen and oxygen atoms in total. The number of hydrogen-bond acceptors (Lipinski definition) is 2. The van der Waals surface area contributed by atoms with Crippen LogP contribution in [-0.2, 0) is 5.33 Å². The molecule has 0 bridgehead atoms. The van der Waals surface area contributed by atoms with Crippen molar-refractivity contribution in [3.8, 4) is 0 Å². The lowest BCUT2D eigenvalue weighted by Crippen LogP contribution is -2.37. The summed E-state index contributed by atoms with van der Waals surface area (Å²) in [7, 11) is 1.49. The average molecular weight is 337 g/mol. The summed E-state index contributed by atoms with van der Waals surface area (Å²) >= 11 is 6.77. The second kappa shape index (κ2) is 5.48. The summed E-state index contributed by atoms with van der Waals surface area (Å²) in [6.07, 6.45) is 0. The van der Waals surface area contributed by atoms with E-state index < -0.39 is 0 Å². The van der Waals surface area contributed by atoms with E-state index in [1.165, 1.54) is 7.05 Å². The number of urea groups is 1. The van der Waals surface area contributed by atoms with E-state index in [1.54, 1.807) is 0 Å². The van der Waals surface area contributed by atoms with Crippen molar-refractivity contribution < 1.29 is 4.79 Å². The average Bonchev–Trinajstić information content (AvgIpc) is 2.18. The second-order valence-corrected chi connectivity index (χ2v) is 4.36. The summed E-state index contributed by atoms with van der Waals surface area (Å²) in [6.45, 7) is 0. The minimum Gasteiger partial charge on any atom is -0.306 e. The molecule has 0 aliphatic carbocycles. The molecule has 0 aromatic heterocycles. The molecular weight excluding hydrogens is 326 g/mol. The standard InChI is InChI=1S/C9H11Br2N3O/c1-14(12)9(15)13-8-4-2-3-7(11)6(8)5-10/h2-4H,5,12H2,1H3,(H,13,15). The molecule has 6 heteroatoms. The van der Waals surface area contributed by atoms with Gasteiger partial charge in [0, 0.05) is 28.1 Å². The Kier molecular flexibility index (Phi) is 4.56. The Morgan fingerprint density at radius 1 is 1.60 bits per heavy atom. The summed E-state index contributed by atoms with van der Waals surface area (Å²) in [4.78, 5) is 11.4. The van der Waals surface area contributed by atoms with Crippen LogP contribution in [0.5, 0.6) is 0 Å². The number of nitrogens with zero attached hydrogens (tertiary/aromatic N) is 1. The molecule has 0 aliphatic heterocycles. The Morgan fingerprint density at radius 3 is 2.80 bits per heavy atom. The largest absolute Gasteiger partial charge is 0.335 e. The summed E-state index contributed by atoms with van der Waals surface area (Å²) in [5.74, 6) is 5.31. The van der Waals surface area contributed by atoms with Crippen LogP contribution in [0.2, 0.25) is 0 Å². The highest BCUT2D eigenvalue weighted by molar-refractivity contribution is 9.10. The molecular formula is C9H11Br2N3O. The monoisotopic (exact) mass is 335 g/mol. The Morgan fingerprint density at radius 2 is 2.27 bits per heavy atom. The first-order valence-electron chi connectivity index (χ1n) is 4.19. The van der Waals surface area contributed by atoms with Crippen LogP contribution in [0.1, 0.15) is 5.56 Å². The molecule has 0 fully saturated rings. The van der Waals surface area contributed by atoms with E-state index >= 15 is 0 Å². The Labute approximate surface area is 105 Å². The van der Waals surface area contributed by atoms with E-state index in [4.69, 9.17) is 5.84 Å². The maximum absolute atomic E-state index is 11.4. The summed E-state index contributed by atoms with van der Waals surface area (Å²) < 4.78 is 0.942. The minimum atomic E-state index is -0.352. The second-order valence-electron chi connectivity index (χ2n) is 2.94. The van der Waals surface area contributed by atoms with E-state index in [0.717, 1.165) is 20.7 Å². The first kappa shape index (κ1) is 12.5. The van der Waals surface area contributed by atoms with Crippen molar-refractivity contribution in [1.29, 1.82) is 0 Å². The fourth-order valence-corrected chi connectivity index (χ4v) is 2.50. The van der Waals surface area contributed by atoms with Crippen molar-refractivity contribution >= 4 is 43.6 Å². The summed E-state index contributed by atoms with van der Waals surface area (Å²) in [5, 5.41) is 4.35. The van der Waals surface area contributed by atoms with E-state index in [1.807, 2.05) is 18.2 Å². The Hall–Kier alpha value is -0.590. The third-order valence-corrected chi connectivity index (χ3v) is 3.12. The number of carbonyl (C=O) groups is 1. The molecule has 3 N–H and O–H groups in total. The van der Waals surface area contributed by atoms with Crippen LogP contribution in [0.3, 0.4) is 0 Å². The molecule has 1 aromatic carbocycles. The zero-order chi connectivity index (χ0) is 11.4. The molecule has 1 rings (SSSR count). The first-order valence-corrected chi connectivity index (χ1v) is 6.10. The lowest BCUT2D eigenvalue weighted by atomic mass is 10.2. The zero-order valence-electron chi connectivity index (χ0n) is 8.13. The number of rotatable bonds is 2. The number of benzene rings is 1. The molecule has 15 heavy (non-hydrogen) atoms. The lowest BCUT2D eigenvalue weighted by molar-refractivity contribution is 0.223. The van der Waals surface area contributed by atoms with Gasteiger partial charge in [0.2, 0.25) is 0 Å². The van der Waals surface area contributed by atoms with E-state index in [9.17, 15) is 4.79 Å². The van der Waals surface area contributed by atoms with Gasteiger partial charge in [0.05, 0.1) is 0 Å². The van der Waals surface area contributed by atoms with Crippen LogP contribution in [-0.4, -0.2) is 18.1 Å². The highest BCUT2D eigenvalue weighted by Gasteiger charge is 2.09. The van der Waals surface area contributed by atoms with Crippen LogP contribution in [0.25, 0.3) is 0 Å². The zero-order valence-corrected chi connectivity index (χ0v) is 11.3. The van der Waals surface area contributed by atoms with Gasteiger partial charge in [0.15, 0.2) is 0 Å². The highest BCUT2D eigenvalue weighted by atomic mass is 79.9. The molecule has 0 heterocycles. The summed E-state index contributed by atoms with van der Waals surface area (Å²) in [6, 6.07) is 5.24. The number of nitrogens with one attached hydrogen (secondary N) is 1. The van der Waals surface area contributed by atoms with Crippen molar-refractivity contribution in [2.24, 2.45) is 5.84 Å². The molecule has 82 valence electrons. The number of amides is 2. The van der Waals surface area contributed by atoms with E-state index in [-0.39, 0.29) is 6.03 Å². The van der Waals surface area contributed by atoms with Gasteiger partial charge < -0.3 is 5.32 Å². The quantitative estimate of drug-likeness (QED) is 0.377. The predicted molar refractivity (Wildman–Crippen MR) is 67.7 cm³/mol. The molecule has 0 spiro atoms. The van der Waals surface area contributed by atoms with E-state index in [2.05, 4.69) is 37.2 Å². The van der Waals surface area contributed by atoms with Gasteiger partial charge in [-0.25, -0.2) is 10.6 Å². The third kappa shape index (κ3) is 3.19. The molecule has 1 aromatic rings. The predicted octanol–water partition coefficient (Wildman–Crippen LogP) is 2.68. The third-order valence-electron chi connectivity index (χ3n) is 1.81. The number of hydrogen-bond donors (Lipinski definition) is 2. The molecule has 0 aliphatic rings. The topological polar surface area (TPSA) is 58.4 Å². The summed E-state index contributed by atoms with van der Waals surface area (Å²) in [5.41, 5.74) is 1.72. The number of anilines is 1. The van der Waals surface area contributed by atoms with Crippen LogP contribution < -0.4 is 11.2 Å². The fraction of sp³-hybridized carbons (Fsp3) is 0.222. The van der Waals surface area contributed by atoms with Gasteiger partial charge in [0.1, 0.15) is 0 Å². The molecule has 0 unspecified atom stereocenters. The minimum absolute atomic E-state index is 0.352. The lowest BCUT2D eigenvalue weighted by Gasteiger charge is -2.14. The van der Waals surface area contributed by atoms with Crippen LogP contribution in [0, 0.1) is 0 Å². The number of carbonyl (C=O) groups excluding carboxylic acids is 1. The van der Waals surface area contributed by atoms with Gasteiger partial charge in [-0.1, -0.05) is 37.9 Å². The molecule has 0 saturated carbocycles. The van der Waals surface area contributed by atoms with Crippen LogP contribution in [0.4, 0.5) is 10.5 Å². The molecule has 0 saturated heterocycles. The van der Waals surface area contributed by atoms with Gasteiger partial charge in [-0.2, -0.15) is 0 Å².